The van der Waals surface area contributed by atoms with Gasteiger partial charge in [-0.3, -0.25) is 0 Å². The molecule has 0 heteroatoms. The molecule has 12 heavy (non-hydrogen) atoms. The quantitative estimate of drug-likeness (QED) is 0.507. The Hall–Kier alpha value is -0.260. The fourth-order valence-corrected chi connectivity index (χ4v) is 1.19. The van der Waals surface area contributed by atoms with E-state index in [0.717, 1.165) is 5.92 Å². The van der Waals surface area contributed by atoms with Crippen LogP contribution in [-0.4, -0.2) is 0 Å². The number of rotatable bonds is 4. The van der Waals surface area contributed by atoms with Crippen LogP contribution in [-0.2, 0) is 0 Å². The molecule has 0 heterocycles. The highest BCUT2D eigenvalue weighted by atomic mass is 14.0. The van der Waals surface area contributed by atoms with Crippen LogP contribution in [0, 0.1) is 5.92 Å². The first-order valence-electron chi connectivity index (χ1n) is 3.81. The molecule has 0 spiro atoms. The summed E-state index contributed by atoms with van der Waals surface area (Å²) < 4.78 is 0. The van der Waals surface area contributed by atoms with Crippen molar-refractivity contribution in [3.05, 3.63) is 12.2 Å². The standard InChI is InChI=1S/C9H18.3CH4/c1-5-6-9(4)7-8(2)3;;;/h9H,2,5-7H2,1,3-4H3;3*1H4. The minimum Gasteiger partial charge on any atom is -0.100 e. The van der Waals surface area contributed by atoms with Crippen LogP contribution in [0.4, 0.5) is 0 Å². The van der Waals surface area contributed by atoms with Crippen LogP contribution in [0.5, 0.6) is 0 Å². The molecule has 78 valence electrons. The average Bonchev–Trinajstić information content (AvgIpc) is 1.63. The molecular formula is C12H30. The highest BCUT2D eigenvalue weighted by Gasteiger charge is 1.98. The molecule has 1 unspecified atom stereocenters. The Labute approximate surface area is 81.1 Å². The first-order valence-corrected chi connectivity index (χ1v) is 3.81. The summed E-state index contributed by atoms with van der Waals surface area (Å²) in [4.78, 5) is 0. The van der Waals surface area contributed by atoms with Crippen molar-refractivity contribution in [3.8, 4) is 0 Å². The van der Waals surface area contributed by atoms with Crippen LogP contribution in [0.3, 0.4) is 0 Å². The molecule has 0 N–H and O–H groups in total. The van der Waals surface area contributed by atoms with Crippen molar-refractivity contribution in [3.63, 3.8) is 0 Å². The van der Waals surface area contributed by atoms with E-state index in [0.29, 0.717) is 0 Å². The minimum absolute atomic E-state index is 0. The molecule has 0 nitrogen and oxygen atoms in total. The number of allylic oxidation sites excluding steroid dienone is 1. The molecule has 0 rings (SSSR count). The second kappa shape index (κ2) is 13.3. The second-order valence-corrected chi connectivity index (χ2v) is 3.06. The van der Waals surface area contributed by atoms with Crippen LogP contribution in [0.25, 0.3) is 0 Å². The Balaban J connectivity index is -0.000000107. The van der Waals surface area contributed by atoms with Gasteiger partial charge in [-0.1, -0.05) is 54.5 Å². The minimum atomic E-state index is 0. The molecule has 0 aromatic heterocycles. The van der Waals surface area contributed by atoms with Gasteiger partial charge in [0.15, 0.2) is 0 Å². The first-order chi connectivity index (χ1) is 4.16. The average molecular weight is 174 g/mol. The number of hydrogen-bond acceptors (Lipinski definition) is 0. The molecule has 0 aromatic carbocycles. The summed E-state index contributed by atoms with van der Waals surface area (Å²) in [6, 6.07) is 0. The highest BCUT2D eigenvalue weighted by molar-refractivity contribution is 4.89. The fourth-order valence-electron chi connectivity index (χ4n) is 1.19. The van der Waals surface area contributed by atoms with Crippen molar-refractivity contribution >= 4 is 0 Å². The van der Waals surface area contributed by atoms with E-state index in [1.54, 1.807) is 0 Å². The summed E-state index contributed by atoms with van der Waals surface area (Å²) in [5, 5.41) is 0. The predicted molar refractivity (Wildman–Crippen MR) is 63.7 cm³/mol. The molecule has 0 aliphatic rings. The largest absolute Gasteiger partial charge is 0.100 e. The van der Waals surface area contributed by atoms with Gasteiger partial charge in [0.2, 0.25) is 0 Å². The topological polar surface area (TPSA) is 0 Å². The zero-order valence-electron chi connectivity index (χ0n) is 6.91. The summed E-state index contributed by atoms with van der Waals surface area (Å²) in [7, 11) is 0. The van der Waals surface area contributed by atoms with Crippen LogP contribution in [0.2, 0.25) is 0 Å². The lowest BCUT2D eigenvalue weighted by atomic mass is 9.99. The Morgan fingerprint density at radius 1 is 1.25 bits per heavy atom. The van der Waals surface area contributed by atoms with E-state index >= 15 is 0 Å². The van der Waals surface area contributed by atoms with Crippen molar-refractivity contribution in [2.24, 2.45) is 5.92 Å². The van der Waals surface area contributed by atoms with Gasteiger partial charge in [0.05, 0.1) is 0 Å². The Kier molecular flexibility index (Phi) is 25.1. The third kappa shape index (κ3) is 16.4. The predicted octanol–water partition coefficient (Wildman–Crippen LogP) is 5.30. The molecule has 1 atom stereocenters. The van der Waals surface area contributed by atoms with Crippen molar-refractivity contribution in [2.45, 2.75) is 62.3 Å². The van der Waals surface area contributed by atoms with Crippen LogP contribution in [0.15, 0.2) is 12.2 Å². The Morgan fingerprint density at radius 2 is 1.67 bits per heavy atom. The van der Waals surface area contributed by atoms with E-state index in [1.165, 1.54) is 24.8 Å². The van der Waals surface area contributed by atoms with Crippen LogP contribution < -0.4 is 0 Å². The normalized spacial score (nSPS) is 9.92. The molecule has 0 aliphatic carbocycles. The van der Waals surface area contributed by atoms with E-state index in [-0.39, 0.29) is 22.3 Å². The summed E-state index contributed by atoms with van der Waals surface area (Å²) >= 11 is 0. The highest BCUT2D eigenvalue weighted by Crippen LogP contribution is 2.13. The van der Waals surface area contributed by atoms with Gasteiger partial charge in [-0.05, 0) is 19.3 Å². The van der Waals surface area contributed by atoms with Gasteiger partial charge in [0, 0.05) is 0 Å². The van der Waals surface area contributed by atoms with E-state index in [4.69, 9.17) is 0 Å². The molecule has 0 radical (unpaired) electrons. The maximum atomic E-state index is 3.88. The molecule has 0 aromatic rings. The summed E-state index contributed by atoms with van der Waals surface area (Å²) in [5.74, 6) is 0.840. The lowest BCUT2D eigenvalue weighted by Gasteiger charge is -2.07. The molecule has 0 saturated carbocycles. The van der Waals surface area contributed by atoms with Gasteiger partial charge in [-0.15, -0.1) is 6.58 Å². The van der Waals surface area contributed by atoms with Crippen LogP contribution in [0.1, 0.15) is 62.3 Å². The van der Waals surface area contributed by atoms with Crippen molar-refractivity contribution in [1.82, 2.24) is 0 Å². The van der Waals surface area contributed by atoms with Gasteiger partial charge in [0.25, 0.3) is 0 Å². The Bertz CT molecular complexity index is 82.0. The second-order valence-electron chi connectivity index (χ2n) is 3.06. The summed E-state index contributed by atoms with van der Waals surface area (Å²) in [5.41, 5.74) is 1.32. The lowest BCUT2D eigenvalue weighted by molar-refractivity contribution is 0.521. The van der Waals surface area contributed by atoms with Crippen LogP contribution >= 0.6 is 0 Å². The van der Waals surface area contributed by atoms with Gasteiger partial charge >= 0.3 is 0 Å². The molecule has 0 amide bonds. The third-order valence-electron chi connectivity index (χ3n) is 1.48. The molecule has 0 aliphatic heterocycles. The monoisotopic (exact) mass is 174 g/mol. The van der Waals surface area contributed by atoms with Crippen molar-refractivity contribution in [1.29, 1.82) is 0 Å². The van der Waals surface area contributed by atoms with E-state index in [9.17, 15) is 0 Å². The fraction of sp³-hybridized carbons (Fsp3) is 0.833. The zero-order valence-corrected chi connectivity index (χ0v) is 6.91. The van der Waals surface area contributed by atoms with Crippen molar-refractivity contribution < 1.29 is 0 Å². The lowest BCUT2D eigenvalue weighted by Crippen LogP contribution is -1.93. The van der Waals surface area contributed by atoms with Gasteiger partial charge < -0.3 is 0 Å². The smallest absolute Gasteiger partial charge is 0.0300 e. The molecular weight excluding hydrogens is 144 g/mol. The Morgan fingerprint density at radius 3 is 1.92 bits per heavy atom. The van der Waals surface area contributed by atoms with Gasteiger partial charge in [-0.2, -0.15) is 0 Å². The molecule has 0 fully saturated rings. The maximum Gasteiger partial charge on any atom is -0.0300 e. The molecule has 0 bridgehead atoms. The first kappa shape index (κ1) is 22.6. The summed E-state index contributed by atoms with van der Waals surface area (Å²) in [6.07, 6.45) is 3.84. The van der Waals surface area contributed by atoms with Crippen molar-refractivity contribution in [2.75, 3.05) is 0 Å². The number of hydrogen-bond donors (Lipinski definition) is 0. The van der Waals surface area contributed by atoms with Gasteiger partial charge in [-0.25, -0.2) is 0 Å². The summed E-state index contributed by atoms with van der Waals surface area (Å²) in [6.45, 7) is 10.5. The van der Waals surface area contributed by atoms with Gasteiger partial charge in [0.1, 0.15) is 0 Å². The van der Waals surface area contributed by atoms with E-state index < -0.39 is 0 Å². The third-order valence-corrected chi connectivity index (χ3v) is 1.48. The van der Waals surface area contributed by atoms with E-state index in [2.05, 4.69) is 27.4 Å². The van der Waals surface area contributed by atoms with E-state index in [1.807, 2.05) is 0 Å². The zero-order chi connectivity index (χ0) is 7.28. The SMILES string of the molecule is C.C.C.C=C(C)CC(C)CCC. The maximum absolute atomic E-state index is 3.88. The molecule has 0 saturated heterocycles.